The second kappa shape index (κ2) is 14.8. The van der Waals surface area contributed by atoms with E-state index in [1.807, 2.05) is 0 Å². The van der Waals surface area contributed by atoms with Crippen LogP contribution in [0, 0.1) is 0 Å². The lowest BCUT2D eigenvalue weighted by molar-refractivity contribution is 0.448. The van der Waals surface area contributed by atoms with Crippen LogP contribution >= 0.6 is 0 Å². The predicted octanol–water partition coefficient (Wildman–Crippen LogP) is 5.00. The highest BCUT2D eigenvalue weighted by Gasteiger charge is 2.27. The van der Waals surface area contributed by atoms with Crippen LogP contribution in [0.25, 0.3) is 0 Å². The first-order valence-electron chi connectivity index (χ1n) is 10.1. The highest BCUT2D eigenvalue weighted by molar-refractivity contribution is 7.90. The van der Waals surface area contributed by atoms with Gasteiger partial charge in [-0.25, -0.2) is 0 Å². The van der Waals surface area contributed by atoms with Crippen molar-refractivity contribution >= 4 is 20.2 Å². The van der Waals surface area contributed by atoms with Gasteiger partial charge in [0.1, 0.15) is 5.25 Å². The first-order valence-corrected chi connectivity index (χ1v) is 13.2. The normalized spacial score (nSPS) is 13.8. The van der Waals surface area contributed by atoms with E-state index in [-0.39, 0.29) is 6.42 Å². The Balaban J connectivity index is 3.57. The summed E-state index contributed by atoms with van der Waals surface area (Å²) in [5, 5.41) is -1.44. The monoisotopic (exact) mass is 414 g/mol. The Kier molecular flexibility index (Phi) is 14.7. The summed E-state index contributed by atoms with van der Waals surface area (Å²) in [5.41, 5.74) is 0. The highest BCUT2D eigenvalue weighted by Crippen LogP contribution is 2.16. The van der Waals surface area contributed by atoms with Gasteiger partial charge in [-0.1, -0.05) is 96.8 Å². The molecule has 1 unspecified atom stereocenters. The van der Waals surface area contributed by atoms with E-state index >= 15 is 0 Å². The Bertz CT molecular complexity index is 528. The van der Waals surface area contributed by atoms with Crippen LogP contribution < -0.4 is 0 Å². The van der Waals surface area contributed by atoms with Crippen LogP contribution in [-0.2, 0) is 20.2 Å². The van der Waals surface area contributed by atoms with E-state index in [0.29, 0.717) is 6.42 Å². The fraction of sp³-hybridized carbons (Fsp3) is 1.00. The summed E-state index contributed by atoms with van der Waals surface area (Å²) in [4.78, 5) is 0. The van der Waals surface area contributed by atoms with Gasteiger partial charge in [0.2, 0.25) is 0 Å². The molecule has 0 saturated carbocycles. The van der Waals surface area contributed by atoms with E-state index in [4.69, 9.17) is 9.11 Å². The molecule has 158 valence electrons. The Morgan fingerprint density at radius 1 is 0.615 bits per heavy atom. The first-order chi connectivity index (χ1) is 12.2. The molecule has 0 bridgehead atoms. The van der Waals surface area contributed by atoms with E-state index in [0.717, 1.165) is 19.3 Å². The summed E-state index contributed by atoms with van der Waals surface area (Å²) in [5.74, 6) is -0.940. The zero-order valence-electron chi connectivity index (χ0n) is 16.2. The van der Waals surface area contributed by atoms with Gasteiger partial charge in [-0.3, -0.25) is 9.11 Å². The summed E-state index contributed by atoms with van der Waals surface area (Å²) < 4.78 is 61.7. The van der Waals surface area contributed by atoms with Crippen molar-refractivity contribution in [1.82, 2.24) is 0 Å². The average molecular weight is 415 g/mol. The van der Waals surface area contributed by atoms with Crippen molar-refractivity contribution in [3.05, 3.63) is 0 Å². The number of hydrogen-bond acceptors (Lipinski definition) is 4. The van der Waals surface area contributed by atoms with Crippen LogP contribution in [0.1, 0.15) is 103 Å². The van der Waals surface area contributed by atoms with Gasteiger partial charge >= 0.3 is 0 Å². The van der Waals surface area contributed by atoms with Gasteiger partial charge in [-0.2, -0.15) is 16.8 Å². The van der Waals surface area contributed by atoms with E-state index in [2.05, 4.69) is 6.92 Å². The third kappa shape index (κ3) is 17.2. The van der Waals surface area contributed by atoms with Crippen LogP contribution in [0.2, 0.25) is 0 Å². The minimum absolute atomic E-state index is 0.0522. The molecule has 0 aromatic carbocycles. The molecule has 0 rings (SSSR count). The summed E-state index contributed by atoms with van der Waals surface area (Å²) in [6.45, 7) is 2.23. The first kappa shape index (κ1) is 25.8. The van der Waals surface area contributed by atoms with Gasteiger partial charge < -0.3 is 0 Å². The quantitative estimate of drug-likeness (QED) is 0.241. The van der Waals surface area contributed by atoms with Crippen LogP contribution in [0.3, 0.4) is 0 Å². The van der Waals surface area contributed by atoms with Crippen molar-refractivity contribution in [3.8, 4) is 0 Å². The van der Waals surface area contributed by atoms with Gasteiger partial charge in [0.05, 0.1) is 5.75 Å². The molecule has 8 heteroatoms. The lowest BCUT2D eigenvalue weighted by Gasteiger charge is -2.11. The molecule has 0 aromatic heterocycles. The standard InChI is InChI=1S/C18H38O6S2/c1-2-3-4-5-6-7-8-9-10-11-12-13-14-15-16-18(26(22,23)24)17-25(19,20)21/h18H,2-17H2,1H3,(H,19,20,21)(H,22,23,24). The average Bonchev–Trinajstić information content (AvgIpc) is 2.52. The van der Waals surface area contributed by atoms with E-state index < -0.39 is 31.2 Å². The van der Waals surface area contributed by atoms with Gasteiger partial charge in [0, 0.05) is 0 Å². The molecule has 1 atom stereocenters. The van der Waals surface area contributed by atoms with Crippen molar-refractivity contribution in [2.75, 3.05) is 5.75 Å². The molecule has 0 spiro atoms. The smallest absolute Gasteiger partial charge is 0.268 e. The molecule has 0 saturated heterocycles. The SMILES string of the molecule is CCCCCCCCCCCCCCCCC(CS(=O)(=O)O)S(=O)(=O)O. The van der Waals surface area contributed by atoms with E-state index in [1.165, 1.54) is 64.2 Å². The molecule has 0 aromatic rings. The Labute approximate surface area is 160 Å². The lowest BCUT2D eigenvalue weighted by Crippen LogP contribution is -2.29. The molecular weight excluding hydrogens is 376 g/mol. The predicted molar refractivity (Wildman–Crippen MR) is 107 cm³/mol. The van der Waals surface area contributed by atoms with Crippen molar-refractivity contribution < 1.29 is 25.9 Å². The molecule has 0 amide bonds. The molecule has 0 fully saturated rings. The summed E-state index contributed by atoms with van der Waals surface area (Å²) in [6, 6.07) is 0. The second-order valence-corrected chi connectivity index (χ2v) is 10.5. The lowest BCUT2D eigenvalue weighted by atomic mass is 10.0. The molecule has 26 heavy (non-hydrogen) atoms. The zero-order valence-corrected chi connectivity index (χ0v) is 17.9. The summed E-state index contributed by atoms with van der Waals surface area (Å²) in [7, 11) is -8.87. The third-order valence-electron chi connectivity index (χ3n) is 4.70. The van der Waals surface area contributed by atoms with Gasteiger partial charge in [-0.15, -0.1) is 0 Å². The Hall–Kier alpha value is -0.180. The zero-order chi connectivity index (χ0) is 19.9. The Morgan fingerprint density at radius 3 is 1.27 bits per heavy atom. The molecule has 2 N–H and O–H groups in total. The molecule has 0 aliphatic carbocycles. The van der Waals surface area contributed by atoms with Crippen molar-refractivity contribution in [1.29, 1.82) is 0 Å². The van der Waals surface area contributed by atoms with E-state index in [1.54, 1.807) is 0 Å². The van der Waals surface area contributed by atoms with Crippen LogP contribution in [-0.4, -0.2) is 36.9 Å². The van der Waals surface area contributed by atoms with Crippen LogP contribution in [0.5, 0.6) is 0 Å². The fourth-order valence-electron chi connectivity index (χ4n) is 3.12. The van der Waals surface area contributed by atoms with Crippen LogP contribution in [0.4, 0.5) is 0 Å². The van der Waals surface area contributed by atoms with E-state index in [9.17, 15) is 16.8 Å². The summed E-state index contributed by atoms with van der Waals surface area (Å²) in [6.07, 6.45) is 16.4. The van der Waals surface area contributed by atoms with Crippen molar-refractivity contribution in [3.63, 3.8) is 0 Å². The number of unbranched alkanes of at least 4 members (excludes halogenated alkanes) is 13. The maximum atomic E-state index is 11.2. The molecule has 0 aliphatic heterocycles. The second-order valence-electron chi connectivity index (χ2n) is 7.27. The number of rotatable bonds is 18. The number of hydrogen-bond donors (Lipinski definition) is 2. The molecule has 0 radical (unpaired) electrons. The topological polar surface area (TPSA) is 109 Å². The fourth-order valence-corrected chi connectivity index (χ4v) is 5.42. The highest BCUT2D eigenvalue weighted by atomic mass is 32.2. The van der Waals surface area contributed by atoms with Crippen molar-refractivity contribution in [2.24, 2.45) is 0 Å². The summed E-state index contributed by atoms with van der Waals surface area (Å²) >= 11 is 0. The largest absolute Gasteiger partial charge is 0.286 e. The van der Waals surface area contributed by atoms with Gasteiger partial charge in [0.25, 0.3) is 20.2 Å². The minimum atomic E-state index is -4.46. The van der Waals surface area contributed by atoms with Crippen molar-refractivity contribution in [2.45, 2.75) is 108 Å². The van der Waals surface area contributed by atoms with Gasteiger partial charge in [0.15, 0.2) is 0 Å². The minimum Gasteiger partial charge on any atom is -0.286 e. The molecular formula is C18H38O6S2. The molecule has 6 nitrogen and oxygen atoms in total. The molecule has 0 aliphatic rings. The van der Waals surface area contributed by atoms with Crippen LogP contribution in [0.15, 0.2) is 0 Å². The maximum Gasteiger partial charge on any atom is 0.268 e. The molecule has 0 heterocycles. The third-order valence-corrected chi connectivity index (χ3v) is 6.98. The van der Waals surface area contributed by atoms with Gasteiger partial charge in [-0.05, 0) is 6.42 Å². The maximum absolute atomic E-state index is 11.2. The Morgan fingerprint density at radius 2 is 0.962 bits per heavy atom.